The molecule has 0 bridgehead atoms. The average Bonchev–Trinajstić information content (AvgIpc) is 2.68. The van der Waals surface area contributed by atoms with E-state index in [0.717, 1.165) is 28.8 Å². The summed E-state index contributed by atoms with van der Waals surface area (Å²) in [5.74, 6) is 3.25. The minimum atomic E-state index is 0.536. The first-order valence-electron chi connectivity index (χ1n) is 8.51. The SMILES string of the molecule is CN=C(NCCOc1ccc(OC)cc1)NCc1ccc(OC)c(C)c1. The van der Waals surface area contributed by atoms with Crippen molar-refractivity contribution in [2.45, 2.75) is 13.5 Å². The summed E-state index contributed by atoms with van der Waals surface area (Å²) < 4.78 is 16.1. The van der Waals surface area contributed by atoms with Gasteiger partial charge in [0.2, 0.25) is 0 Å². The quantitative estimate of drug-likeness (QED) is 0.432. The zero-order valence-electron chi connectivity index (χ0n) is 15.8. The molecule has 0 aliphatic heterocycles. The van der Waals surface area contributed by atoms with Gasteiger partial charge in [-0.3, -0.25) is 4.99 Å². The van der Waals surface area contributed by atoms with E-state index in [9.17, 15) is 0 Å². The van der Waals surface area contributed by atoms with Gasteiger partial charge in [-0.15, -0.1) is 0 Å². The zero-order chi connectivity index (χ0) is 18.8. The van der Waals surface area contributed by atoms with Gasteiger partial charge in [0.25, 0.3) is 0 Å². The lowest BCUT2D eigenvalue weighted by molar-refractivity contribution is 0.321. The van der Waals surface area contributed by atoms with E-state index in [-0.39, 0.29) is 0 Å². The van der Waals surface area contributed by atoms with E-state index in [1.807, 2.05) is 43.3 Å². The normalized spacial score (nSPS) is 11.0. The monoisotopic (exact) mass is 357 g/mol. The van der Waals surface area contributed by atoms with Crippen molar-refractivity contribution < 1.29 is 14.2 Å². The molecule has 140 valence electrons. The van der Waals surface area contributed by atoms with Gasteiger partial charge in [0.1, 0.15) is 23.9 Å². The topological polar surface area (TPSA) is 64.1 Å². The molecule has 2 rings (SSSR count). The van der Waals surface area contributed by atoms with E-state index in [2.05, 4.69) is 21.7 Å². The van der Waals surface area contributed by atoms with Crippen LogP contribution in [-0.2, 0) is 6.54 Å². The summed E-state index contributed by atoms with van der Waals surface area (Å²) in [6, 6.07) is 13.6. The fraction of sp³-hybridized carbons (Fsp3) is 0.350. The van der Waals surface area contributed by atoms with Crippen molar-refractivity contribution in [2.75, 3.05) is 34.4 Å². The number of rotatable bonds is 8. The summed E-state index contributed by atoms with van der Waals surface area (Å²) in [6.45, 7) is 3.90. The highest BCUT2D eigenvalue weighted by Gasteiger charge is 2.02. The van der Waals surface area contributed by atoms with Crippen molar-refractivity contribution in [3.63, 3.8) is 0 Å². The number of guanidine groups is 1. The molecule has 0 atom stereocenters. The van der Waals surface area contributed by atoms with Crippen LogP contribution in [0.5, 0.6) is 17.2 Å². The first-order chi connectivity index (χ1) is 12.7. The lowest BCUT2D eigenvalue weighted by atomic mass is 10.1. The first kappa shape index (κ1) is 19.4. The van der Waals surface area contributed by atoms with E-state index >= 15 is 0 Å². The maximum Gasteiger partial charge on any atom is 0.191 e. The van der Waals surface area contributed by atoms with Crippen molar-refractivity contribution >= 4 is 5.96 Å². The minimum Gasteiger partial charge on any atom is -0.497 e. The summed E-state index contributed by atoms with van der Waals surface area (Å²) in [6.07, 6.45) is 0. The minimum absolute atomic E-state index is 0.536. The molecule has 0 saturated carbocycles. The van der Waals surface area contributed by atoms with Crippen LogP contribution in [0.15, 0.2) is 47.5 Å². The van der Waals surface area contributed by atoms with Gasteiger partial charge in [-0.1, -0.05) is 12.1 Å². The molecule has 0 unspecified atom stereocenters. The number of aliphatic imine (C=N–C) groups is 1. The predicted molar refractivity (Wildman–Crippen MR) is 104 cm³/mol. The van der Waals surface area contributed by atoms with Crippen LogP contribution >= 0.6 is 0 Å². The number of ether oxygens (including phenoxy) is 3. The van der Waals surface area contributed by atoms with E-state index < -0.39 is 0 Å². The van der Waals surface area contributed by atoms with Crippen LogP contribution in [0.4, 0.5) is 0 Å². The smallest absolute Gasteiger partial charge is 0.191 e. The van der Waals surface area contributed by atoms with Crippen LogP contribution in [0.3, 0.4) is 0 Å². The van der Waals surface area contributed by atoms with E-state index in [0.29, 0.717) is 19.7 Å². The Hall–Kier alpha value is -2.89. The number of hydrogen-bond donors (Lipinski definition) is 2. The highest BCUT2D eigenvalue weighted by molar-refractivity contribution is 5.79. The van der Waals surface area contributed by atoms with Gasteiger partial charge < -0.3 is 24.8 Å². The average molecular weight is 357 g/mol. The predicted octanol–water partition coefficient (Wildman–Crippen LogP) is 2.76. The second-order valence-electron chi connectivity index (χ2n) is 5.68. The van der Waals surface area contributed by atoms with Crippen LogP contribution in [0, 0.1) is 6.92 Å². The summed E-state index contributed by atoms with van der Waals surface area (Å²) in [5, 5.41) is 6.52. The Kier molecular flexibility index (Phi) is 7.61. The number of nitrogens with zero attached hydrogens (tertiary/aromatic N) is 1. The molecule has 0 heterocycles. The summed E-state index contributed by atoms with van der Waals surface area (Å²) in [7, 11) is 5.07. The highest BCUT2D eigenvalue weighted by atomic mass is 16.5. The Labute approximate surface area is 155 Å². The third-order valence-corrected chi connectivity index (χ3v) is 3.87. The lowest BCUT2D eigenvalue weighted by Crippen LogP contribution is -2.38. The van der Waals surface area contributed by atoms with Gasteiger partial charge in [0.15, 0.2) is 5.96 Å². The molecule has 0 amide bonds. The van der Waals surface area contributed by atoms with Crippen molar-refractivity contribution in [1.29, 1.82) is 0 Å². The molecule has 2 N–H and O–H groups in total. The first-order valence-corrected chi connectivity index (χ1v) is 8.51. The second-order valence-corrected chi connectivity index (χ2v) is 5.68. The maximum atomic E-state index is 5.69. The Bertz CT molecular complexity index is 715. The zero-order valence-corrected chi connectivity index (χ0v) is 15.8. The standard InChI is InChI=1S/C20H27N3O3/c1-15-13-16(5-10-19(15)25-4)14-23-20(21-2)22-11-12-26-18-8-6-17(24-3)7-9-18/h5-10,13H,11-12,14H2,1-4H3,(H2,21,22,23). The summed E-state index contributed by atoms with van der Waals surface area (Å²) >= 11 is 0. The van der Waals surface area contributed by atoms with Gasteiger partial charge in [-0.05, 0) is 48.4 Å². The molecule has 0 saturated heterocycles. The molecule has 2 aromatic rings. The van der Waals surface area contributed by atoms with Crippen LogP contribution < -0.4 is 24.8 Å². The number of nitrogens with one attached hydrogen (secondary N) is 2. The van der Waals surface area contributed by atoms with Gasteiger partial charge in [0, 0.05) is 13.6 Å². The van der Waals surface area contributed by atoms with Crippen LogP contribution in [0.1, 0.15) is 11.1 Å². The fourth-order valence-corrected chi connectivity index (χ4v) is 2.47. The Morgan fingerprint density at radius 3 is 2.31 bits per heavy atom. The van der Waals surface area contributed by atoms with Crippen molar-refractivity contribution in [3.8, 4) is 17.2 Å². The van der Waals surface area contributed by atoms with Crippen LogP contribution in [-0.4, -0.2) is 40.4 Å². The highest BCUT2D eigenvalue weighted by Crippen LogP contribution is 2.18. The lowest BCUT2D eigenvalue weighted by Gasteiger charge is -2.13. The second kappa shape index (κ2) is 10.2. The van der Waals surface area contributed by atoms with Gasteiger partial charge in [-0.25, -0.2) is 0 Å². The molecule has 0 aliphatic carbocycles. The number of benzene rings is 2. The number of methoxy groups -OCH3 is 2. The van der Waals surface area contributed by atoms with E-state index in [1.165, 1.54) is 5.56 Å². The van der Waals surface area contributed by atoms with E-state index in [4.69, 9.17) is 14.2 Å². The van der Waals surface area contributed by atoms with Crippen molar-refractivity contribution in [2.24, 2.45) is 4.99 Å². The molecule has 26 heavy (non-hydrogen) atoms. The van der Waals surface area contributed by atoms with Crippen LogP contribution in [0.2, 0.25) is 0 Å². The third kappa shape index (κ3) is 5.88. The molecule has 0 fully saturated rings. The number of aryl methyl sites for hydroxylation is 1. The van der Waals surface area contributed by atoms with Gasteiger partial charge >= 0.3 is 0 Å². The molecule has 0 spiro atoms. The largest absolute Gasteiger partial charge is 0.497 e. The summed E-state index contributed by atoms with van der Waals surface area (Å²) in [5.41, 5.74) is 2.28. The molecular formula is C20H27N3O3. The molecule has 2 aromatic carbocycles. The molecule has 6 heteroatoms. The number of hydrogen-bond acceptors (Lipinski definition) is 4. The van der Waals surface area contributed by atoms with Gasteiger partial charge in [-0.2, -0.15) is 0 Å². The third-order valence-electron chi connectivity index (χ3n) is 3.87. The molecular weight excluding hydrogens is 330 g/mol. The van der Waals surface area contributed by atoms with E-state index in [1.54, 1.807) is 21.3 Å². The van der Waals surface area contributed by atoms with Crippen LogP contribution in [0.25, 0.3) is 0 Å². The Morgan fingerprint density at radius 1 is 0.962 bits per heavy atom. The van der Waals surface area contributed by atoms with Crippen molar-refractivity contribution in [3.05, 3.63) is 53.6 Å². The maximum absolute atomic E-state index is 5.69. The molecule has 0 aliphatic rings. The van der Waals surface area contributed by atoms with Gasteiger partial charge in [0.05, 0.1) is 20.8 Å². The summed E-state index contributed by atoms with van der Waals surface area (Å²) in [4.78, 5) is 4.22. The molecule has 0 radical (unpaired) electrons. The Morgan fingerprint density at radius 2 is 1.69 bits per heavy atom. The fourth-order valence-electron chi connectivity index (χ4n) is 2.47. The molecule has 0 aromatic heterocycles. The van der Waals surface area contributed by atoms with Crippen molar-refractivity contribution in [1.82, 2.24) is 10.6 Å². The Balaban J connectivity index is 1.72. The molecule has 6 nitrogen and oxygen atoms in total.